The number of carbonyl (C=O) groups excluding carboxylic acids is 2. The van der Waals surface area contributed by atoms with E-state index < -0.39 is 91.1 Å². The number of epoxide rings is 1. The molecule has 15 nitrogen and oxygen atoms in total. The van der Waals surface area contributed by atoms with Crippen LogP contribution in [0.25, 0.3) is 0 Å². The number of hydrogen-bond acceptors (Lipinski definition) is 15. The minimum absolute atomic E-state index is 0.00790. The van der Waals surface area contributed by atoms with Crippen molar-refractivity contribution in [1.82, 2.24) is 0 Å². The molecule has 308 valence electrons. The van der Waals surface area contributed by atoms with Gasteiger partial charge >= 0.3 is 5.97 Å². The van der Waals surface area contributed by atoms with Crippen LogP contribution < -0.4 is 0 Å². The molecule has 8 rings (SSSR count). The van der Waals surface area contributed by atoms with Crippen LogP contribution in [0.15, 0.2) is 23.3 Å². The Labute approximate surface area is 320 Å². The summed E-state index contributed by atoms with van der Waals surface area (Å²) < 4.78 is 35.1. The smallest absolute Gasteiger partial charge is 0.336 e. The number of hydrogen-bond donors (Lipinski definition) is 7. The molecule has 4 aliphatic carbocycles. The number of esters is 1. The van der Waals surface area contributed by atoms with E-state index in [1.807, 2.05) is 13.8 Å². The van der Waals surface area contributed by atoms with Gasteiger partial charge in [-0.2, -0.15) is 0 Å². The Balaban J connectivity index is 0.899. The highest BCUT2D eigenvalue weighted by Crippen LogP contribution is 2.73. The lowest BCUT2D eigenvalue weighted by atomic mass is 9.44. The number of carbonyl (C=O) groups is 2. The predicted molar refractivity (Wildman–Crippen MR) is 188 cm³/mol. The first-order chi connectivity index (χ1) is 26.0. The molecule has 3 saturated carbocycles. The van der Waals surface area contributed by atoms with E-state index in [9.17, 15) is 45.3 Å². The minimum Gasteiger partial charge on any atom is -0.458 e. The van der Waals surface area contributed by atoms with Crippen molar-refractivity contribution in [3.63, 3.8) is 0 Å². The molecule has 0 amide bonds. The highest BCUT2D eigenvalue weighted by molar-refractivity contribution is 5.98. The van der Waals surface area contributed by atoms with Crippen LogP contribution in [0.2, 0.25) is 0 Å². The molecule has 0 aromatic carbocycles. The molecular formula is C40H58O15. The highest BCUT2D eigenvalue weighted by Gasteiger charge is 2.80. The maximum atomic E-state index is 13.6. The molecule has 0 aromatic rings. The topological polar surface area (TPSA) is 234 Å². The van der Waals surface area contributed by atoms with Gasteiger partial charge in [0.15, 0.2) is 18.4 Å². The number of ether oxygens (including phenoxy) is 6. The summed E-state index contributed by atoms with van der Waals surface area (Å²) in [5, 5.41) is 73.5. The fourth-order valence-electron chi connectivity index (χ4n) is 12.5. The van der Waals surface area contributed by atoms with Crippen LogP contribution in [-0.2, 0) is 38.0 Å². The summed E-state index contributed by atoms with van der Waals surface area (Å²) in [6, 6.07) is 0. The van der Waals surface area contributed by atoms with Gasteiger partial charge in [-0.1, -0.05) is 19.4 Å². The number of fused-ring (bicyclic) bond motifs is 4. The quantitative estimate of drug-likeness (QED) is 0.127. The number of aliphatic hydroxyl groups is 7. The van der Waals surface area contributed by atoms with Crippen molar-refractivity contribution >= 4 is 11.8 Å². The second-order valence-corrected chi connectivity index (χ2v) is 18.2. The first-order valence-corrected chi connectivity index (χ1v) is 20.1. The molecule has 4 heterocycles. The zero-order valence-electron chi connectivity index (χ0n) is 32.1. The van der Waals surface area contributed by atoms with Crippen molar-refractivity contribution < 1.29 is 73.8 Å². The summed E-state index contributed by atoms with van der Waals surface area (Å²) in [5.74, 6) is 0.724. The number of ketones is 1. The summed E-state index contributed by atoms with van der Waals surface area (Å²) in [6.45, 7) is 8.93. The zero-order chi connectivity index (χ0) is 39.5. The molecule has 0 radical (unpaired) electrons. The van der Waals surface area contributed by atoms with Crippen molar-refractivity contribution in [3.8, 4) is 0 Å². The van der Waals surface area contributed by atoms with Crippen LogP contribution in [0.1, 0.15) is 73.1 Å². The van der Waals surface area contributed by atoms with Crippen LogP contribution >= 0.6 is 0 Å². The number of rotatable bonds is 8. The molecule has 3 saturated heterocycles. The molecule has 1 spiro atoms. The van der Waals surface area contributed by atoms with E-state index in [1.165, 1.54) is 6.92 Å². The summed E-state index contributed by atoms with van der Waals surface area (Å²) in [6.07, 6.45) is -7.44. The predicted octanol–water partition coefficient (Wildman–Crippen LogP) is 0.0289. The summed E-state index contributed by atoms with van der Waals surface area (Å²) in [4.78, 5) is 27.1. The summed E-state index contributed by atoms with van der Waals surface area (Å²) in [7, 11) is 0. The lowest BCUT2D eigenvalue weighted by molar-refractivity contribution is -0.355. The van der Waals surface area contributed by atoms with Crippen LogP contribution in [0.4, 0.5) is 0 Å². The summed E-state index contributed by atoms with van der Waals surface area (Å²) in [5.41, 5.74) is -0.492. The Morgan fingerprint density at radius 3 is 2.36 bits per heavy atom. The van der Waals surface area contributed by atoms with Crippen LogP contribution in [0.3, 0.4) is 0 Å². The van der Waals surface area contributed by atoms with Crippen LogP contribution in [-0.4, -0.2) is 146 Å². The van der Waals surface area contributed by atoms with Gasteiger partial charge in [0.05, 0.1) is 36.4 Å². The standard InChI is InChI=1S/C40H58O15/c1-16-12-24(17(2)21-6-7-22-19-13-28-40(55-28)27(43)9-8-26(42)39(40,5)23(19)10-11-38(21,22)4)52-35(49)20(16)15-50-36-33(48)31(46)34(25(14-41)53-36)54-37-32(47)30(45)29(44)18(3)51-37/h8-9,17-19,21-25,27-34,36-37,41,43-48H,6-7,10-15H2,1-5H3/t17-,18?,19-,21+,22-,23-,24+,25?,27-,28+,29?,30?,31?,32?,33?,34?,36?,37?,38+,39-,40+/m0/s1. The van der Waals surface area contributed by atoms with Gasteiger partial charge in [0.25, 0.3) is 0 Å². The van der Waals surface area contributed by atoms with E-state index in [1.54, 1.807) is 12.2 Å². The highest BCUT2D eigenvalue weighted by atomic mass is 16.7. The van der Waals surface area contributed by atoms with Gasteiger partial charge in [-0.05, 0) is 100 Å². The fourth-order valence-corrected chi connectivity index (χ4v) is 12.5. The average molecular weight is 779 g/mol. The van der Waals surface area contributed by atoms with Gasteiger partial charge in [-0.25, -0.2) is 4.79 Å². The molecule has 10 unspecified atom stereocenters. The maximum Gasteiger partial charge on any atom is 0.336 e. The Morgan fingerprint density at radius 1 is 0.927 bits per heavy atom. The molecule has 15 heteroatoms. The monoisotopic (exact) mass is 778 g/mol. The SMILES string of the molecule is CC1=C(COC2OC(CO)C(OC3OC(C)C(O)C(O)C3O)C(O)C2O)C(=O)O[C@@H]([C@@H](C)[C@H]2CC[C@H]3[C@@H]4C[C@H]5O[C@]56[C@@H](O)C=CC(=O)[C@]6(C)[C@H]4CC[C@]23C)C1. The van der Waals surface area contributed by atoms with Gasteiger partial charge in [0.1, 0.15) is 60.5 Å². The van der Waals surface area contributed by atoms with Gasteiger partial charge < -0.3 is 64.2 Å². The Kier molecular flexibility index (Phi) is 10.3. The lowest BCUT2D eigenvalue weighted by Gasteiger charge is -2.58. The first-order valence-electron chi connectivity index (χ1n) is 20.1. The van der Waals surface area contributed by atoms with E-state index in [2.05, 4.69) is 13.8 Å². The summed E-state index contributed by atoms with van der Waals surface area (Å²) >= 11 is 0. The zero-order valence-corrected chi connectivity index (χ0v) is 32.1. The van der Waals surface area contributed by atoms with Crippen molar-refractivity contribution in [3.05, 3.63) is 23.3 Å². The molecule has 0 bridgehead atoms. The third-order valence-corrected chi connectivity index (χ3v) is 15.8. The molecule has 55 heavy (non-hydrogen) atoms. The Hall–Kier alpha value is -1.86. The van der Waals surface area contributed by atoms with Crippen molar-refractivity contribution in [2.24, 2.45) is 40.4 Å². The van der Waals surface area contributed by atoms with E-state index >= 15 is 0 Å². The average Bonchev–Trinajstić information content (AvgIpc) is 3.79. The van der Waals surface area contributed by atoms with Gasteiger partial charge in [0, 0.05) is 6.42 Å². The molecule has 8 aliphatic rings. The van der Waals surface area contributed by atoms with Crippen molar-refractivity contribution in [1.29, 1.82) is 0 Å². The molecular weight excluding hydrogens is 720 g/mol. The maximum absolute atomic E-state index is 13.6. The normalized spacial score (nSPS) is 53.9. The second kappa shape index (κ2) is 14.2. The third kappa shape index (κ3) is 5.89. The largest absolute Gasteiger partial charge is 0.458 e. The van der Waals surface area contributed by atoms with Gasteiger partial charge in [-0.3, -0.25) is 4.79 Å². The molecule has 0 aromatic heterocycles. The lowest BCUT2D eigenvalue weighted by Crippen LogP contribution is -2.64. The molecule has 7 N–H and O–H groups in total. The number of allylic oxidation sites excluding steroid dienone is 1. The Morgan fingerprint density at radius 2 is 1.65 bits per heavy atom. The van der Waals surface area contributed by atoms with E-state index in [0.717, 1.165) is 37.7 Å². The fraction of sp³-hybridized carbons (Fsp3) is 0.850. The van der Waals surface area contributed by atoms with E-state index in [-0.39, 0.29) is 47.4 Å². The minimum atomic E-state index is -1.69. The van der Waals surface area contributed by atoms with E-state index in [4.69, 9.17) is 28.4 Å². The van der Waals surface area contributed by atoms with Crippen molar-refractivity contribution in [2.75, 3.05) is 13.2 Å². The molecule has 21 atom stereocenters. The van der Waals surface area contributed by atoms with Crippen molar-refractivity contribution in [2.45, 2.75) is 158 Å². The Bertz CT molecular complexity index is 1580. The number of cyclic esters (lactones) is 1. The molecule has 6 fully saturated rings. The molecule has 4 aliphatic heterocycles. The second-order valence-electron chi connectivity index (χ2n) is 18.2. The van der Waals surface area contributed by atoms with Crippen LogP contribution in [0, 0.1) is 40.4 Å². The number of aliphatic hydroxyl groups excluding tert-OH is 7. The van der Waals surface area contributed by atoms with Gasteiger partial charge in [-0.15, -0.1) is 0 Å². The van der Waals surface area contributed by atoms with Gasteiger partial charge in [0.2, 0.25) is 0 Å². The third-order valence-electron chi connectivity index (χ3n) is 15.8. The van der Waals surface area contributed by atoms with E-state index in [0.29, 0.717) is 24.2 Å². The van der Waals surface area contributed by atoms with Crippen LogP contribution in [0.5, 0.6) is 0 Å². The first kappa shape index (κ1) is 39.9.